The number of carbonyl (C=O) groups excluding carboxylic acids is 1. The van der Waals surface area contributed by atoms with Crippen molar-refractivity contribution in [2.45, 2.75) is 6.54 Å². The third kappa shape index (κ3) is 2.69. The van der Waals surface area contributed by atoms with Gasteiger partial charge in [-0.2, -0.15) is 0 Å². The summed E-state index contributed by atoms with van der Waals surface area (Å²) in [5.41, 5.74) is 0. The minimum Gasteiger partial charge on any atom is -0.339 e. The zero-order valence-corrected chi connectivity index (χ0v) is 11.4. The van der Waals surface area contributed by atoms with Crippen LogP contribution in [0.25, 0.3) is 10.7 Å². The highest BCUT2D eigenvalue weighted by Gasteiger charge is 2.18. The fourth-order valence-corrected chi connectivity index (χ4v) is 2.96. The van der Waals surface area contributed by atoms with Crippen molar-refractivity contribution in [3.05, 3.63) is 29.9 Å². The Morgan fingerprint density at radius 2 is 2.26 bits per heavy atom. The van der Waals surface area contributed by atoms with E-state index in [4.69, 9.17) is 0 Å². The molecule has 2 aromatic heterocycles. The number of amides is 1. The fourth-order valence-electron chi connectivity index (χ4n) is 2.23. The van der Waals surface area contributed by atoms with Gasteiger partial charge in [-0.05, 0) is 11.4 Å². The van der Waals surface area contributed by atoms with Gasteiger partial charge in [0.2, 0.25) is 5.91 Å². The third-order valence-electron chi connectivity index (χ3n) is 3.23. The number of rotatable bonds is 3. The van der Waals surface area contributed by atoms with Crippen LogP contribution in [0.2, 0.25) is 0 Å². The molecule has 6 heteroatoms. The Morgan fingerprint density at radius 1 is 1.42 bits per heavy atom. The van der Waals surface area contributed by atoms with E-state index in [9.17, 15) is 4.79 Å². The minimum absolute atomic E-state index is 0.164. The molecule has 3 heterocycles. The summed E-state index contributed by atoms with van der Waals surface area (Å²) < 4.78 is 1.93. The molecule has 1 aliphatic rings. The van der Waals surface area contributed by atoms with E-state index in [1.54, 1.807) is 17.5 Å². The minimum atomic E-state index is 0.164. The summed E-state index contributed by atoms with van der Waals surface area (Å²) in [7, 11) is 0. The van der Waals surface area contributed by atoms with E-state index in [1.165, 1.54) is 0 Å². The second kappa shape index (κ2) is 5.54. The van der Waals surface area contributed by atoms with Gasteiger partial charge < -0.3 is 14.8 Å². The van der Waals surface area contributed by atoms with E-state index in [-0.39, 0.29) is 5.91 Å². The molecule has 3 rings (SSSR count). The van der Waals surface area contributed by atoms with E-state index in [2.05, 4.69) is 10.3 Å². The van der Waals surface area contributed by atoms with Crippen molar-refractivity contribution in [3.63, 3.8) is 0 Å². The molecule has 0 radical (unpaired) electrons. The average molecular weight is 276 g/mol. The molecule has 19 heavy (non-hydrogen) atoms. The summed E-state index contributed by atoms with van der Waals surface area (Å²) in [5, 5.41) is 5.27. The molecule has 1 aliphatic heterocycles. The molecule has 1 amide bonds. The zero-order valence-electron chi connectivity index (χ0n) is 10.6. The number of nitrogens with one attached hydrogen (secondary N) is 1. The zero-order chi connectivity index (χ0) is 13.1. The van der Waals surface area contributed by atoms with Crippen molar-refractivity contribution in [1.82, 2.24) is 19.8 Å². The second-order valence-electron chi connectivity index (χ2n) is 4.49. The average Bonchev–Trinajstić information content (AvgIpc) is 3.10. The molecule has 0 aliphatic carbocycles. The lowest BCUT2D eigenvalue weighted by atomic mass is 10.3. The van der Waals surface area contributed by atoms with Crippen LogP contribution in [-0.2, 0) is 11.3 Å². The van der Waals surface area contributed by atoms with Crippen LogP contribution in [0.5, 0.6) is 0 Å². The Morgan fingerprint density at radius 3 is 3.00 bits per heavy atom. The van der Waals surface area contributed by atoms with Crippen LogP contribution in [0.15, 0.2) is 29.9 Å². The molecule has 1 N–H and O–H groups in total. The quantitative estimate of drug-likeness (QED) is 0.911. The highest BCUT2D eigenvalue weighted by Crippen LogP contribution is 2.22. The molecular weight excluding hydrogens is 260 g/mol. The Balaban J connectivity index is 1.73. The standard InChI is InChI=1S/C13H16N4OS/c18-12(16-6-3-14-4-7-16)10-17-8-5-15-13(17)11-2-1-9-19-11/h1-2,5,8-9,14H,3-4,6-7,10H2. The van der Waals surface area contributed by atoms with E-state index in [1.807, 2.05) is 33.2 Å². The molecular formula is C13H16N4OS. The topological polar surface area (TPSA) is 50.2 Å². The lowest BCUT2D eigenvalue weighted by Gasteiger charge is -2.27. The normalized spacial score (nSPS) is 15.7. The van der Waals surface area contributed by atoms with Crippen LogP contribution in [0.4, 0.5) is 0 Å². The first-order chi connectivity index (χ1) is 9.34. The van der Waals surface area contributed by atoms with E-state index in [0.29, 0.717) is 6.54 Å². The van der Waals surface area contributed by atoms with Crippen LogP contribution < -0.4 is 5.32 Å². The van der Waals surface area contributed by atoms with Crippen LogP contribution in [0, 0.1) is 0 Å². The van der Waals surface area contributed by atoms with Crippen LogP contribution in [0.1, 0.15) is 0 Å². The predicted octanol–water partition coefficient (Wildman–Crippen LogP) is 1.04. The highest BCUT2D eigenvalue weighted by molar-refractivity contribution is 7.13. The Labute approximate surface area is 115 Å². The van der Waals surface area contributed by atoms with Gasteiger partial charge in [0, 0.05) is 38.6 Å². The Hall–Kier alpha value is -1.66. The monoisotopic (exact) mass is 276 g/mol. The molecule has 0 bridgehead atoms. The molecule has 0 atom stereocenters. The summed E-state index contributed by atoms with van der Waals surface area (Å²) in [6.07, 6.45) is 3.62. The van der Waals surface area contributed by atoms with Crippen LogP contribution in [-0.4, -0.2) is 46.5 Å². The largest absolute Gasteiger partial charge is 0.339 e. The maximum Gasteiger partial charge on any atom is 0.242 e. The van der Waals surface area contributed by atoms with Gasteiger partial charge in [0.25, 0.3) is 0 Å². The van der Waals surface area contributed by atoms with Gasteiger partial charge in [-0.3, -0.25) is 4.79 Å². The van der Waals surface area contributed by atoms with Gasteiger partial charge in [-0.15, -0.1) is 11.3 Å². The number of hydrogen-bond acceptors (Lipinski definition) is 4. The van der Waals surface area contributed by atoms with E-state index >= 15 is 0 Å². The molecule has 0 unspecified atom stereocenters. The Kier molecular flexibility index (Phi) is 3.61. The Bertz CT molecular complexity index is 543. The molecule has 0 spiro atoms. The molecule has 2 aromatic rings. The third-order valence-corrected chi connectivity index (χ3v) is 4.10. The molecule has 0 aromatic carbocycles. The number of aromatic nitrogens is 2. The van der Waals surface area contributed by atoms with Gasteiger partial charge in [-0.1, -0.05) is 6.07 Å². The van der Waals surface area contributed by atoms with Gasteiger partial charge in [0.15, 0.2) is 0 Å². The van der Waals surface area contributed by atoms with Crippen molar-refractivity contribution >= 4 is 17.2 Å². The van der Waals surface area contributed by atoms with E-state index in [0.717, 1.165) is 36.9 Å². The van der Waals surface area contributed by atoms with Crippen LogP contribution in [0.3, 0.4) is 0 Å². The van der Waals surface area contributed by atoms with Crippen molar-refractivity contribution in [1.29, 1.82) is 0 Å². The van der Waals surface area contributed by atoms with Gasteiger partial charge in [0.05, 0.1) is 4.88 Å². The maximum atomic E-state index is 12.2. The van der Waals surface area contributed by atoms with Gasteiger partial charge in [-0.25, -0.2) is 4.98 Å². The number of nitrogens with zero attached hydrogens (tertiary/aromatic N) is 3. The van der Waals surface area contributed by atoms with Gasteiger partial charge in [0.1, 0.15) is 12.4 Å². The number of carbonyl (C=O) groups is 1. The van der Waals surface area contributed by atoms with E-state index < -0.39 is 0 Å². The first-order valence-corrected chi connectivity index (χ1v) is 7.26. The second-order valence-corrected chi connectivity index (χ2v) is 5.43. The SMILES string of the molecule is O=C(Cn1ccnc1-c1cccs1)N1CCNCC1. The van der Waals surface area contributed by atoms with Crippen molar-refractivity contribution in [2.75, 3.05) is 26.2 Å². The molecule has 5 nitrogen and oxygen atoms in total. The molecule has 100 valence electrons. The number of piperazine rings is 1. The van der Waals surface area contributed by atoms with Crippen molar-refractivity contribution in [3.8, 4) is 10.7 Å². The lowest BCUT2D eigenvalue weighted by Crippen LogP contribution is -2.47. The van der Waals surface area contributed by atoms with Crippen molar-refractivity contribution in [2.24, 2.45) is 0 Å². The predicted molar refractivity (Wildman–Crippen MR) is 75.0 cm³/mol. The summed E-state index contributed by atoms with van der Waals surface area (Å²) in [5.74, 6) is 1.04. The molecule has 1 saturated heterocycles. The van der Waals surface area contributed by atoms with Crippen LogP contribution >= 0.6 is 11.3 Å². The number of hydrogen-bond donors (Lipinski definition) is 1. The first kappa shape index (κ1) is 12.4. The lowest BCUT2D eigenvalue weighted by molar-refractivity contribution is -0.132. The maximum absolute atomic E-state index is 12.2. The highest BCUT2D eigenvalue weighted by atomic mass is 32.1. The first-order valence-electron chi connectivity index (χ1n) is 6.38. The van der Waals surface area contributed by atoms with Gasteiger partial charge >= 0.3 is 0 Å². The van der Waals surface area contributed by atoms with Crippen molar-refractivity contribution < 1.29 is 4.79 Å². The molecule has 1 fully saturated rings. The summed E-state index contributed by atoms with van der Waals surface area (Å²) in [6, 6.07) is 4.02. The number of imidazole rings is 1. The smallest absolute Gasteiger partial charge is 0.242 e. The summed E-state index contributed by atoms with van der Waals surface area (Å²) >= 11 is 1.64. The summed E-state index contributed by atoms with van der Waals surface area (Å²) in [6.45, 7) is 3.72. The fraction of sp³-hybridized carbons (Fsp3) is 0.385. The number of thiophene rings is 1. The molecule has 0 saturated carbocycles. The summed E-state index contributed by atoms with van der Waals surface area (Å²) in [4.78, 5) is 19.6.